The van der Waals surface area contributed by atoms with Gasteiger partial charge in [-0.3, -0.25) is 10.1 Å². The molecule has 0 aromatic heterocycles. The maximum Gasteiger partial charge on any atom is 0.412 e. The summed E-state index contributed by atoms with van der Waals surface area (Å²) in [5.74, 6) is -0.323. The normalized spacial score (nSPS) is 20.6. The second-order valence-corrected chi connectivity index (χ2v) is 7.21. The van der Waals surface area contributed by atoms with Crippen molar-refractivity contribution in [1.29, 1.82) is 0 Å². The first-order valence-corrected chi connectivity index (χ1v) is 8.77. The van der Waals surface area contributed by atoms with Gasteiger partial charge in [-0.2, -0.15) is 0 Å². The number of carbonyl (C=O) groups excluding carboxylic acids is 2. The van der Waals surface area contributed by atoms with Crippen molar-refractivity contribution >= 4 is 17.7 Å². The average molecular weight is 348 g/mol. The minimum atomic E-state index is -0.550. The highest BCUT2D eigenvalue weighted by atomic mass is 16.6. The van der Waals surface area contributed by atoms with Crippen molar-refractivity contribution in [3.63, 3.8) is 0 Å². The van der Waals surface area contributed by atoms with E-state index < -0.39 is 11.7 Å². The van der Waals surface area contributed by atoms with Gasteiger partial charge in [0.2, 0.25) is 0 Å². The van der Waals surface area contributed by atoms with Gasteiger partial charge in [-0.05, 0) is 64.3 Å². The Labute approximate surface area is 149 Å². The molecule has 0 saturated carbocycles. The SMILES string of the molecule is CCOC(=O)[C@H]1CNCC[C@H]1c1cccc(NC(=O)OC(C)(C)C)c1. The van der Waals surface area contributed by atoms with Gasteiger partial charge in [0.25, 0.3) is 0 Å². The molecule has 2 rings (SSSR count). The van der Waals surface area contributed by atoms with Gasteiger partial charge >= 0.3 is 12.1 Å². The number of benzene rings is 1. The second-order valence-electron chi connectivity index (χ2n) is 7.21. The van der Waals surface area contributed by atoms with Gasteiger partial charge < -0.3 is 14.8 Å². The summed E-state index contributed by atoms with van der Waals surface area (Å²) >= 11 is 0. The first kappa shape index (κ1) is 19.2. The van der Waals surface area contributed by atoms with Gasteiger partial charge in [0.1, 0.15) is 5.60 Å². The highest BCUT2D eigenvalue weighted by molar-refractivity contribution is 5.85. The zero-order valence-corrected chi connectivity index (χ0v) is 15.4. The van der Waals surface area contributed by atoms with E-state index in [2.05, 4.69) is 10.6 Å². The zero-order chi connectivity index (χ0) is 18.4. The molecule has 0 spiro atoms. The number of carbonyl (C=O) groups is 2. The Morgan fingerprint density at radius 1 is 1.32 bits per heavy atom. The zero-order valence-electron chi connectivity index (χ0n) is 15.4. The molecular weight excluding hydrogens is 320 g/mol. The molecule has 0 aliphatic carbocycles. The maximum absolute atomic E-state index is 12.2. The Hall–Kier alpha value is -2.08. The molecule has 6 heteroatoms. The van der Waals surface area contributed by atoms with Crippen LogP contribution in [0.25, 0.3) is 0 Å². The van der Waals surface area contributed by atoms with Crippen molar-refractivity contribution in [3.05, 3.63) is 29.8 Å². The first-order chi connectivity index (χ1) is 11.8. The van der Waals surface area contributed by atoms with Crippen LogP contribution in [-0.4, -0.2) is 37.4 Å². The molecule has 2 atom stereocenters. The predicted octanol–water partition coefficient (Wildman–Crippen LogP) is 3.29. The molecule has 0 bridgehead atoms. The largest absolute Gasteiger partial charge is 0.466 e. The number of esters is 1. The topological polar surface area (TPSA) is 76.7 Å². The first-order valence-electron chi connectivity index (χ1n) is 8.77. The summed E-state index contributed by atoms with van der Waals surface area (Å²) in [5, 5.41) is 6.01. The summed E-state index contributed by atoms with van der Waals surface area (Å²) in [6.45, 7) is 9.11. The van der Waals surface area contributed by atoms with Crippen LogP contribution in [-0.2, 0) is 14.3 Å². The number of hydrogen-bond donors (Lipinski definition) is 2. The summed E-state index contributed by atoms with van der Waals surface area (Å²) < 4.78 is 10.5. The molecule has 138 valence electrons. The maximum atomic E-state index is 12.2. The van der Waals surface area contributed by atoms with Crippen LogP contribution in [0.2, 0.25) is 0 Å². The van der Waals surface area contributed by atoms with E-state index in [1.54, 1.807) is 0 Å². The standard InChI is InChI=1S/C19H28N2O4/c1-5-24-17(22)16-12-20-10-9-15(16)13-7-6-8-14(11-13)21-18(23)25-19(2,3)4/h6-8,11,15-16,20H,5,9-10,12H2,1-4H3,(H,21,23)/t15-,16-/m0/s1. The van der Waals surface area contributed by atoms with E-state index in [0.29, 0.717) is 18.8 Å². The molecule has 25 heavy (non-hydrogen) atoms. The van der Waals surface area contributed by atoms with Gasteiger partial charge in [0.05, 0.1) is 12.5 Å². The Balaban J connectivity index is 2.13. The fourth-order valence-electron chi connectivity index (χ4n) is 3.02. The number of hydrogen-bond acceptors (Lipinski definition) is 5. The predicted molar refractivity (Wildman–Crippen MR) is 96.6 cm³/mol. The van der Waals surface area contributed by atoms with Gasteiger partial charge in [-0.1, -0.05) is 12.1 Å². The Morgan fingerprint density at radius 2 is 2.08 bits per heavy atom. The third-order valence-corrected chi connectivity index (χ3v) is 4.03. The number of anilines is 1. The van der Waals surface area contributed by atoms with Gasteiger partial charge in [-0.15, -0.1) is 0 Å². The van der Waals surface area contributed by atoms with E-state index >= 15 is 0 Å². The van der Waals surface area contributed by atoms with Crippen molar-refractivity contribution in [2.24, 2.45) is 5.92 Å². The second kappa shape index (κ2) is 8.34. The lowest BCUT2D eigenvalue weighted by Crippen LogP contribution is -2.40. The van der Waals surface area contributed by atoms with Gasteiger partial charge in [-0.25, -0.2) is 4.79 Å². The van der Waals surface area contributed by atoms with Crippen LogP contribution in [0.4, 0.5) is 10.5 Å². The number of nitrogens with one attached hydrogen (secondary N) is 2. The molecule has 1 fully saturated rings. The van der Waals surface area contributed by atoms with Gasteiger partial charge in [0, 0.05) is 12.2 Å². The van der Waals surface area contributed by atoms with E-state index in [0.717, 1.165) is 18.5 Å². The number of piperidine rings is 1. The smallest absolute Gasteiger partial charge is 0.412 e. The molecule has 1 aromatic carbocycles. The van der Waals surface area contributed by atoms with Crippen LogP contribution in [0.1, 0.15) is 45.6 Å². The molecule has 1 aromatic rings. The highest BCUT2D eigenvalue weighted by Crippen LogP contribution is 2.32. The highest BCUT2D eigenvalue weighted by Gasteiger charge is 2.33. The minimum Gasteiger partial charge on any atom is -0.466 e. The van der Waals surface area contributed by atoms with Crippen molar-refractivity contribution in [1.82, 2.24) is 5.32 Å². The Kier molecular flexibility index (Phi) is 6.42. The molecule has 1 heterocycles. The summed E-state index contributed by atoms with van der Waals surface area (Å²) in [7, 11) is 0. The molecule has 1 amide bonds. The molecule has 0 radical (unpaired) electrons. The monoisotopic (exact) mass is 348 g/mol. The van der Waals surface area contributed by atoms with Gasteiger partial charge in [0.15, 0.2) is 0 Å². The fraction of sp³-hybridized carbons (Fsp3) is 0.579. The number of amides is 1. The Morgan fingerprint density at radius 3 is 2.76 bits per heavy atom. The van der Waals surface area contributed by atoms with Crippen LogP contribution >= 0.6 is 0 Å². The van der Waals surface area contributed by atoms with E-state index in [1.807, 2.05) is 52.0 Å². The molecule has 1 aliphatic rings. The summed E-state index contributed by atoms with van der Waals surface area (Å²) in [6.07, 6.45) is 0.358. The molecule has 1 saturated heterocycles. The van der Waals surface area contributed by atoms with E-state index in [9.17, 15) is 9.59 Å². The minimum absolute atomic E-state index is 0.0701. The van der Waals surface area contributed by atoms with E-state index in [-0.39, 0.29) is 17.8 Å². The van der Waals surface area contributed by atoms with Crippen LogP contribution < -0.4 is 10.6 Å². The van der Waals surface area contributed by atoms with Crippen LogP contribution in [0.3, 0.4) is 0 Å². The van der Waals surface area contributed by atoms with Crippen LogP contribution in [0, 0.1) is 5.92 Å². The third kappa shape index (κ3) is 5.74. The molecule has 2 N–H and O–H groups in total. The lowest BCUT2D eigenvalue weighted by Gasteiger charge is -2.31. The van der Waals surface area contributed by atoms with Crippen LogP contribution in [0.5, 0.6) is 0 Å². The van der Waals surface area contributed by atoms with E-state index in [1.165, 1.54) is 0 Å². The lowest BCUT2D eigenvalue weighted by atomic mass is 9.81. The lowest BCUT2D eigenvalue weighted by molar-refractivity contribution is -0.149. The van der Waals surface area contributed by atoms with Crippen molar-refractivity contribution in [2.45, 2.75) is 45.6 Å². The quantitative estimate of drug-likeness (QED) is 0.817. The van der Waals surface area contributed by atoms with Crippen molar-refractivity contribution < 1.29 is 19.1 Å². The number of ether oxygens (including phenoxy) is 2. The molecule has 6 nitrogen and oxygen atoms in total. The Bertz CT molecular complexity index is 610. The number of rotatable bonds is 4. The average Bonchev–Trinajstić information content (AvgIpc) is 2.53. The third-order valence-electron chi connectivity index (χ3n) is 4.03. The summed E-state index contributed by atoms with van der Waals surface area (Å²) in [6, 6.07) is 7.59. The summed E-state index contributed by atoms with van der Waals surface area (Å²) in [4.78, 5) is 24.2. The summed E-state index contributed by atoms with van der Waals surface area (Å²) in [5.41, 5.74) is 1.13. The van der Waals surface area contributed by atoms with E-state index in [4.69, 9.17) is 9.47 Å². The van der Waals surface area contributed by atoms with Crippen LogP contribution in [0.15, 0.2) is 24.3 Å². The van der Waals surface area contributed by atoms with Crippen molar-refractivity contribution in [3.8, 4) is 0 Å². The van der Waals surface area contributed by atoms with Crippen molar-refractivity contribution in [2.75, 3.05) is 25.0 Å². The fourth-order valence-corrected chi connectivity index (χ4v) is 3.02. The molecule has 0 unspecified atom stereocenters. The molecule has 1 aliphatic heterocycles. The molecular formula is C19H28N2O4.